The van der Waals surface area contributed by atoms with Crippen LogP contribution in [0, 0.1) is 0 Å². The van der Waals surface area contributed by atoms with Gasteiger partial charge in [0, 0.05) is 56.5 Å². The molecule has 2 aliphatic rings. The molecule has 7 heteroatoms. The number of hydrogen-bond donors (Lipinski definition) is 1. The van der Waals surface area contributed by atoms with Gasteiger partial charge >= 0.3 is 0 Å². The van der Waals surface area contributed by atoms with Crippen LogP contribution in [0.15, 0.2) is 23.0 Å². The van der Waals surface area contributed by atoms with E-state index in [1.165, 1.54) is 0 Å². The zero-order valence-corrected chi connectivity index (χ0v) is 22.0. The number of hydrogen-bond acceptors (Lipinski definition) is 6. The molecule has 0 spiro atoms. The Morgan fingerprint density at radius 3 is 2.38 bits per heavy atom. The maximum Gasteiger partial charge on any atom is 0.261 e. The Morgan fingerprint density at radius 1 is 1.12 bits per heavy atom. The molecule has 3 heterocycles. The highest BCUT2D eigenvalue weighted by Crippen LogP contribution is 2.29. The van der Waals surface area contributed by atoms with Gasteiger partial charge in [0.2, 0.25) is 0 Å². The molecule has 1 unspecified atom stereocenters. The molecule has 2 aromatic rings. The van der Waals surface area contributed by atoms with Crippen LogP contribution >= 0.6 is 0 Å². The van der Waals surface area contributed by atoms with Crippen LogP contribution in [0.4, 0.5) is 5.69 Å². The lowest BCUT2D eigenvalue weighted by molar-refractivity contribution is 0.109. The summed E-state index contributed by atoms with van der Waals surface area (Å²) < 4.78 is 1.93. The molecule has 0 bridgehead atoms. The highest BCUT2D eigenvalue weighted by molar-refractivity contribution is 5.82. The van der Waals surface area contributed by atoms with Crippen molar-refractivity contribution in [1.82, 2.24) is 24.7 Å². The third-order valence-electron chi connectivity index (χ3n) is 7.73. The van der Waals surface area contributed by atoms with Gasteiger partial charge in [0.25, 0.3) is 5.56 Å². The summed E-state index contributed by atoms with van der Waals surface area (Å²) in [6.07, 6.45) is 4.39. The first-order valence-corrected chi connectivity index (χ1v) is 13.3. The van der Waals surface area contributed by atoms with E-state index < -0.39 is 0 Å². The van der Waals surface area contributed by atoms with Crippen molar-refractivity contribution in [1.29, 1.82) is 0 Å². The second-order valence-electron chi connectivity index (χ2n) is 10.6. The summed E-state index contributed by atoms with van der Waals surface area (Å²) in [5.41, 5.74) is 2.08. The van der Waals surface area contributed by atoms with E-state index in [4.69, 9.17) is 4.98 Å². The number of aromatic nitrogens is 2. The Hall–Kier alpha value is -1.96. The van der Waals surface area contributed by atoms with E-state index in [9.17, 15) is 4.79 Å². The first kappa shape index (κ1) is 25.1. The largest absolute Gasteiger partial charge is 0.371 e. The molecule has 0 aliphatic carbocycles. The Morgan fingerprint density at radius 2 is 1.79 bits per heavy atom. The Labute approximate surface area is 205 Å². The summed E-state index contributed by atoms with van der Waals surface area (Å²) in [5.74, 6) is 0.933. The van der Waals surface area contributed by atoms with Crippen molar-refractivity contribution in [2.45, 2.75) is 84.1 Å². The van der Waals surface area contributed by atoms with Gasteiger partial charge < -0.3 is 15.1 Å². The van der Waals surface area contributed by atoms with Crippen molar-refractivity contribution in [3.05, 3.63) is 34.4 Å². The van der Waals surface area contributed by atoms with Crippen molar-refractivity contribution in [3.8, 4) is 0 Å². The second-order valence-corrected chi connectivity index (χ2v) is 10.6. The number of piperazine rings is 1. The summed E-state index contributed by atoms with van der Waals surface area (Å²) in [7, 11) is 4.33. The topological polar surface area (TPSA) is 56.6 Å². The van der Waals surface area contributed by atoms with Crippen molar-refractivity contribution in [2.75, 3.05) is 45.2 Å². The third kappa shape index (κ3) is 5.16. The molecule has 1 aromatic heterocycles. The van der Waals surface area contributed by atoms with Gasteiger partial charge in [-0.1, -0.05) is 13.3 Å². The Kier molecular flexibility index (Phi) is 7.95. The maximum absolute atomic E-state index is 13.7. The van der Waals surface area contributed by atoms with Crippen LogP contribution in [-0.2, 0) is 6.54 Å². The highest BCUT2D eigenvalue weighted by Gasteiger charge is 2.31. The molecule has 3 atom stereocenters. The quantitative estimate of drug-likeness (QED) is 0.672. The average molecular weight is 469 g/mol. The van der Waals surface area contributed by atoms with Crippen LogP contribution < -0.4 is 15.8 Å². The molecular weight excluding hydrogens is 424 g/mol. The molecular formula is C27H44N6O. The first-order chi connectivity index (χ1) is 16.3. The van der Waals surface area contributed by atoms with E-state index >= 15 is 0 Å². The van der Waals surface area contributed by atoms with Crippen molar-refractivity contribution in [2.24, 2.45) is 0 Å². The molecule has 0 radical (unpaired) electrons. The molecule has 188 valence electrons. The summed E-state index contributed by atoms with van der Waals surface area (Å²) in [4.78, 5) is 26.2. The van der Waals surface area contributed by atoms with E-state index in [1.807, 2.05) is 4.57 Å². The lowest BCUT2D eigenvalue weighted by Crippen LogP contribution is -2.55. The normalized spacial score (nSPS) is 23.7. The molecule has 0 saturated carbocycles. The van der Waals surface area contributed by atoms with Crippen molar-refractivity contribution in [3.63, 3.8) is 0 Å². The van der Waals surface area contributed by atoms with Crippen LogP contribution in [-0.4, -0.2) is 77.8 Å². The maximum atomic E-state index is 13.7. The summed E-state index contributed by atoms with van der Waals surface area (Å²) >= 11 is 0. The van der Waals surface area contributed by atoms with Gasteiger partial charge in [0.05, 0.1) is 16.9 Å². The summed E-state index contributed by atoms with van der Waals surface area (Å²) in [6.45, 7) is 13.4. The standard InChI is InChI=1S/C27H44N6O/c1-7-9-25(32-17-19(3)28-20(4)18-32)26-29-24-11-10-22(16-23(24)27(34)33(26)8-2)31-14-12-21(13-15-31)30(5)6/h10-11,16,19-21,25,28H,7-9,12-15,17-18H2,1-6H3/t19-,20+,25?. The minimum Gasteiger partial charge on any atom is -0.371 e. The van der Waals surface area contributed by atoms with Gasteiger partial charge in [-0.2, -0.15) is 0 Å². The lowest BCUT2D eigenvalue weighted by Gasteiger charge is -2.41. The molecule has 1 N–H and O–H groups in total. The van der Waals surface area contributed by atoms with Gasteiger partial charge in [0.1, 0.15) is 5.82 Å². The molecule has 7 nitrogen and oxygen atoms in total. The highest BCUT2D eigenvalue weighted by atomic mass is 16.1. The zero-order chi connectivity index (χ0) is 24.4. The summed E-state index contributed by atoms with van der Waals surface area (Å²) in [5, 5.41) is 4.38. The van der Waals surface area contributed by atoms with E-state index in [0.29, 0.717) is 24.7 Å². The van der Waals surface area contributed by atoms with Gasteiger partial charge in [-0.15, -0.1) is 0 Å². The zero-order valence-electron chi connectivity index (χ0n) is 22.0. The molecule has 0 amide bonds. The van der Waals surface area contributed by atoms with Gasteiger partial charge in [-0.3, -0.25) is 14.3 Å². The van der Waals surface area contributed by atoms with Crippen LogP contribution in [0.25, 0.3) is 10.9 Å². The second kappa shape index (κ2) is 10.8. The van der Waals surface area contributed by atoms with E-state index in [1.54, 1.807) is 0 Å². The number of nitrogens with one attached hydrogen (secondary N) is 1. The fourth-order valence-corrected chi connectivity index (χ4v) is 6.00. The van der Waals surface area contributed by atoms with E-state index in [2.05, 4.69) is 80.0 Å². The predicted molar refractivity (Wildman–Crippen MR) is 142 cm³/mol. The molecule has 2 saturated heterocycles. The lowest BCUT2D eigenvalue weighted by atomic mass is 10.0. The van der Waals surface area contributed by atoms with E-state index in [0.717, 1.165) is 74.3 Å². The molecule has 1 aromatic carbocycles. The molecule has 4 rings (SSSR count). The SMILES string of the molecule is CCCC(c1nc2ccc(N3CCC(N(C)C)CC3)cc2c(=O)n1CC)N1C[C@@H](C)N[C@@H](C)C1. The Balaban J connectivity index is 1.69. The minimum atomic E-state index is 0.102. The minimum absolute atomic E-state index is 0.102. The summed E-state index contributed by atoms with van der Waals surface area (Å²) in [6, 6.07) is 7.99. The fourth-order valence-electron chi connectivity index (χ4n) is 6.00. The number of benzene rings is 1. The monoisotopic (exact) mass is 468 g/mol. The smallest absolute Gasteiger partial charge is 0.261 e. The fraction of sp³-hybridized carbons (Fsp3) is 0.704. The Bertz CT molecular complexity index is 1020. The van der Waals surface area contributed by atoms with Crippen LogP contribution in [0.5, 0.6) is 0 Å². The van der Waals surface area contributed by atoms with Gasteiger partial charge in [-0.05, 0) is 72.3 Å². The number of fused-ring (bicyclic) bond motifs is 1. The van der Waals surface area contributed by atoms with Crippen molar-refractivity contribution < 1.29 is 0 Å². The molecule has 34 heavy (non-hydrogen) atoms. The van der Waals surface area contributed by atoms with Crippen molar-refractivity contribution >= 4 is 16.6 Å². The number of nitrogens with zero attached hydrogens (tertiary/aromatic N) is 5. The third-order valence-corrected chi connectivity index (χ3v) is 7.73. The number of rotatable bonds is 7. The van der Waals surface area contributed by atoms with Crippen LogP contribution in [0.2, 0.25) is 0 Å². The van der Waals surface area contributed by atoms with Crippen LogP contribution in [0.1, 0.15) is 65.2 Å². The van der Waals surface area contributed by atoms with Crippen LogP contribution in [0.3, 0.4) is 0 Å². The number of piperidine rings is 1. The number of anilines is 1. The van der Waals surface area contributed by atoms with Gasteiger partial charge in [-0.25, -0.2) is 4.98 Å². The predicted octanol–water partition coefficient (Wildman–Crippen LogP) is 3.47. The molecule has 2 aliphatic heterocycles. The van der Waals surface area contributed by atoms with E-state index in [-0.39, 0.29) is 11.6 Å². The molecule has 2 fully saturated rings. The first-order valence-electron chi connectivity index (χ1n) is 13.3. The van der Waals surface area contributed by atoms with Gasteiger partial charge in [0.15, 0.2) is 0 Å². The average Bonchev–Trinajstić information content (AvgIpc) is 2.81.